The van der Waals surface area contributed by atoms with Crippen molar-refractivity contribution < 1.29 is 31.9 Å². The number of nitrogens with zero attached hydrogens (tertiary/aromatic N) is 5. The van der Waals surface area contributed by atoms with Gasteiger partial charge in [-0.15, -0.1) is 0 Å². The number of hydrogen-bond donors (Lipinski definition) is 1. The lowest BCUT2D eigenvalue weighted by Gasteiger charge is -2.34. The molecule has 1 aliphatic heterocycles. The van der Waals surface area contributed by atoms with Crippen LogP contribution in [0.5, 0.6) is 0 Å². The molecule has 1 N–H and O–H groups in total. The quantitative estimate of drug-likeness (QED) is 0.239. The Morgan fingerprint density at radius 2 is 1.85 bits per heavy atom. The largest absolute Gasteiger partial charge is 0.396 e. The third kappa shape index (κ3) is 5.08. The summed E-state index contributed by atoms with van der Waals surface area (Å²) in [7, 11) is 1.47. The average Bonchev–Trinajstić information content (AvgIpc) is 3.36. The van der Waals surface area contributed by atoms with Crippen molar-refractivity contribution >= 4 is 34.7 Å². The Kier molecular flexibility index (Phi) is 7.65. The number of aliphatic hydroxyl groups excluding tert-OH is 1. The first-order chi connectivity index (χ1) is 19.1. The molecule has 13 heteroatoms. The number of likely N-dealkylation sites (tertiary alicyclic amines) is 1. The molecule has 0 saturated carbocycles. The van der Waals surface area contributed by atoms with Gasteiger partial charge in [-0.05, 0) is 43.0 Å². The number of carbonyl (C=O) groups is 1. The van der Waals surface area contributed by atoms with Gasteiger partial charge in [0.2, 0.25) is 0 Å². The molecule has 3 heterocycles. The van der Waals surface area contributed by atoms with Gasteiger partial charge in [0.05, 0.1) is 22.9 Å². The Bertz CT molecular complexity index is 1560. The van der Waals surface area contributed by atoms with Crippen LogP contribution in [0.15, 0.2) is 42.5 Å². The molecular weight excluding hydrogens is 557 g/mol. The highest BCUT2D eigenvalue weighted by Crippen LogP contribution is 2.35. The molecule has 0 unspecified atom stereocenters. The van der Waals surface area contributed by atoms with Crippen LogP contribution in [0, 0.1) is 29.2 Å². The van der Waals surface area contributed by atoms with E-state index in [1.54, 1.807) is 0 Å². The Hall–Kier alpha value is -3.77. The van der Waals surface area contributed by atoms with Crippen LogP contribution in [0.2, 0.25) is 5.02 Å². The van der Waals surface area contributed by atoms with Crippen LogP contribution in [0.4, 0.5) is 33.5 Å². The molecular formula is C27H23ClF5N5O2. The van der Waals surface area contributed by atoms with E-state index in [1.165, 1.54) is 51.7 Å². The van der Waals surface area contributed by atoms with Crippen molar-refractivity contribution in [1.82, 2.24) is 19.5 Å². The first-order valence-electron chi connectivity index (χ1n) is 12.4. The van der Waals surface area contributed by atoms with Crippen LogP contribution in [-0.4, -0.2) is 63.4 Å². The molecule has 0 spiro atoms. The molecule has 0 bridgehead atoms. The van der Waals surface area contributed by atoms with E-state index in [0.717, 1.165) is 12.1 Å². The molecule has 1 saturated heterocycles. The maximum Gasteiger partial charge on any atom is 0.274 e. The van der Waals surface area contributed by atoms with Gasteiger partial charge < -0.3 is 14.9 Å². The summed E-state index contributed by atoms with van der Waals surface area (Å²) in [5.41, 5.74) is -0.232. The molecule has 0 radical (unpaired) electrons. The zero-order chi connectivity index (χ0) is 28.7. The Balaban J connectivity index is 1.61. The lowest BCUT2D eigenvalue weighted by atomic mass is 9.92. The van der Waals surface area contributed by atoms with Gasteiger partial charge in [0.15, 0.2) is 28.8 Å². The van der Waals surface area contributed by atoms with Crippen molar-refractivity contribution in [2.45, 2.75) is 19.0 Å². The van der Waals surface area contributed by atoms with Crippen molar-refractivity contribution in [2.24, 2.45) is 5.92 Å². The zero-order valence-electron chi connectivity index (χ0n) is 21.1. The normalized spacial score (nSPS) is 17.4. The van der Waals surface area contributed by atoms with Crippen molar-refractivity contribution in [3.05, 3.63) is 76.5 Å². The number of halogens is 6. The number of aliphatic hydroxyl groups is 1. The molecule has 1 fully saturated rings. The van der Waals surface area contributed by atoms with E-state index < -0.39 is 35.3 Å². The minimum atomic E-state index is -1.65. The molecule has 0 aliphatic carbocycles. The maximum atomic E-state index is 14.8. The van der Waals surface area contributed by atoms with Gasteiger partial charge in [-0.25, -0.2) is 26.9 Å². The Morgan fingerprint density at radius 3 is 2.50 bits per heavy atom. The summed E-state index contributed by atoms with van der Waals surface area (Å²) in [6.07, 6.45) is -0.659. The number of benzene rings is 2. The van der Waals surface area contributed by atoms with Gasteiger partial charge in [0.25, 0.3) is 5.91 Å². The summed E-state index contributed by atoms with van der Waals surface area (Å²) < 4.78 is 72.5. The van der Waals surface area contributed by atoms with E-state index in [9.17, 15) is 26.7 Å². The molecule has 1 amide bonds. The number of alkyl halides is 1. The maximum absolute atomic E-state index is 14.8. The Labute approximate surface area is 230 Å². The summed E-state index contributed by atoms with van der Waals surface area (Å²) in [4.78, 5) is 20.3. The number of amides is 1. The highest BCUT2D eigenvalue weighted by Gasteiger charge is 2.33. The number of hydrogen-bond acceptors (Lipinski definition) is 5. The average molecular weight is 580 g/mol. The van der Waals surface area contributed by atoms with Crippen molar-refractivity contribution in [3.63, 3.8) is 0 Å². The van der Waals surface area contributed by atoms with Crippen LogP contribution in [0.3, 0.4) is 0 Å². The summed E-state index contributed by atoms with van der Waals surface area (Å²) in [5.74, 6) is -6.01. The Morgan fingerprint density at radius 1 is 1.12 bits per heavy atom. The lowest BCUT2D eigenvalue weighted by molar-refractivity contribution is 0.0464. The SMILES string of the molecule is CN(c1c(F)cccc1Cl)c1cc(-c2cc(F)c(F)c(F)c2)nc2cc(C(=O)N3CC[C@@H](CCO)[C@@H](F)C3)nn12. The standard InChI is InChI=1S/C27H23ClF5N5O2/c1-36(26-16(28)3-2-4-17(26)29)24-12-21(15-9-18(30)25(33)19(31)10-15)34-23-11-22(35-38(23)24)27(40)37-7-5-14(6-8-39)20(32)13-37/h2-4,9-12,14,20,39H,5-8,13H2,1H3/t14-,20-/m0/s1. The molecule has 1 aliphatic rings. The van der Waals surface area contributed by atoms with Crippen molar-refractivity contribution in [3.8, 4) is 11.3 Å². The number of carbonyl (C=O) groups excluding carboxylic acids is 1. The number of rotatable bonds is 6. The first kappa shape index (κ1) is 27.8. The smallest absolute Gasteiger partial charge is 0.274 e. The second-order valence-electron chi connectivity index (χ2n) is 9.51. The van der Waals surface area contributed by atoms with Gasteiger partial charge in [-0.1, -0.05) is 17.7 Å². The summed E-state index contributed by atoms with van der Waals surface area (Å²) in [5, 5.41) is 13.5. The van der Waals surface area contributed by atoms with Gasteiger partial charge in [-0.2, -0.15) is 9.61 Å². The lowest BCUT2D eigenvalue weighted by Crippen LogP contribution is -2.45. The topological polar surface area (TPSA) is 74.0 Å². The van der Waals surface area contributed by atoms with E-state index in [-0.39, 0.29) is 64.7 Å². The minimum absolute atomic E-state index is 0.0212. The predicted molar refractivity (Wildman–Crippen MR) is 138 cm³/mol. The van der Waals surface area contributed by atoms with Crippen molar-refractivity contribution in [2.75, 3.05) is 31.6 Å². The van der Waals surface area contributed by atoms with E-state index >= 15 is 0 Å². The third-order valence-electron chi connectivity index (χ3n) is 6.99. The van der Waals surface area contributed by atoms with Gasteiger partial charge in [0, 0.05) is 37.9 Å². The molecule has 2 atom stereocenters. The zero-order valence-corrected chi connectivity index (χ0v) is 21.8. The third-order valence-corrected chi connectivity index (χ3v) is 7.29. The molecule has 7 nitrogen and oxygen atoms in total. The van der Waals surface area contributed by atoms with Crippen LogP contribution in [0.25, 0.3) is 16.9 Å². The van der Waals surface area contributed by atoms with E-state index in [1.807, 2.05) is 0 Å². The van der Waals surface area contributed by atoms with E-state index in [4.69, 9.17) is 16.7 Å². The van der Waals surface area contributed by atoms with Crippen molar-refractivity contribution in [1.29, 1.82) is 0 Å². The second kappa shape index (κ2) is 11.0. The predicted octanol–water partition coefficient (Wildman–Crippen LogP) is 5.56. The van der Waals surface area contributed by atoms with Crippen LogP contribution >= 0.6 is 11.6 Å². The summed E-state index contributed by atoms with van der Waals surface area (Å²) in [6.45, 7) is -0.0758. The first-order valence-corrected chi connectivity index (χ1v) is 12.7. The highest BCUT2D eigenvalue weighted by atomic mass is 35.5. The molecule has 4 aromatic rings. The highest BCUT2D eigenvalue weighted by molar-refractivity contribution is 6.33. The van der Waals surface area contributed by atoms with Crippen LogP contribution in [-0.2, 0) is 0 Å². The number of anilines is 2. The van der Waals surface area contributed by atoms with Gasteiger partial charge >= 0.3 is 0 Å². The van der Waals surface area contributed by atoms with E-state index in [0.29, 0.717) is 12.8 Å². The second-order valence-corrected chi connectivity index (χ2v) is 9.92. The van der Waals surface area contributed by atoms with Crippen LogP contribution < -0.4 is 4.90 Å². The molecule has 2 aromatic carbocycles. The fraction of sp³-hybridized carbons (Fsp3) is 0.296. The molecule has 210 valence electrons. The molecule has 40 heavy (non-hydrogen) atoms. The van der Waals surface area contributed by atoms with Gasteiger partial charge in [-0.3, -0.25) is 4.79 Å². The van der Waals surface area contributed by atoms with Gasteiger partial charge in [0.1, 0.15) is 17.8 Å². The number of para-hydroxylation sites is 1. The number of fused-ring (bicyclic) bond motifs is 1. The van der Waals surface area contributed by atoms with Crippen LogP contribution in [0.1, 0.15) is 23.3 Å². The van der Waals surface area contributed by atoms with E-state index in [2.05, 4.69) is 10.1 Å². The minimum Gasteiger partial charge on any atom is -0.396 e. The number of aromatic nitrogens is 3. The summed E-state index contributed by atoms with van der Waals surface area (Å²) in [6, 6.07) is 8.24. The molecule has 2 aromatic heterocycles. The monoisotopic (exact) mass is 579 g/mol. The fourth-order valence-corrected chi connectivity index (χ4v) is 5.16. The molecule has 5 rings (SSSR count). The summed E-state index contributed by atoms with van der Waals surface area (Å²) >= 11 is 6.27. The number of piperidine rings is 1. The fourth-order valence-electron chi connectivity index (χ4n) is 4.87.